The maximum Gasteiger partial charge on any atom is 0.248 e. The average molecular weight is 1210 g/mol. The van der Waals surface area contributed by atoms with E-state index in [-0.39, 0.29) is 62.0 Å². The van der Waals surface area contributed by atoms with Gasteiger partial charge in [0, 0.05) is 51.4 Å². The van der Waals surface area contributed by atoms with Gasteiger partial charge in [0.25, 0.3) is 0 Å². The highest BCUT2D eigenvalue weighted by Crippen LogP contribution is 2.25. The second-order valence-electron chi connectivity index (χ2n) is 22.6. The third kappa shape index (κ3) is 20.9. The molecule has 20 heteroatoms. The zero-order valence-electron chi connectivity index (χ0n) is 52.5. The van der Waals surface area contributed by atoms with Gasteiger partial charge in [-0.3, -0.25) is 28.8 Å². The van der Waals surface area contributed by atoms with Gasteiger partial charge in [-0.1, -0.05) is 96.8 Å². The quantitative estimate of drug-likeness (QED) is 0.0384. The van der Waals surface area contributed by atoms with E-state index in [0.717, 1.165) is 22.3 Å². The first-order valence-corrected chi connectivity index (χ1v) is 30.6. The first-order valence-electron chi connectivity index (χ1n) is 30.6. The highest BCUT2D eigenvalue weighted by molar-refractivity contribution is 5.91. The second-order valence-corrected chi connectivity index (χ2v) is 22.6. The van der Waals surface area contributed by atoms with Crippen molar-refractivity contribution < 1.29 is 47.7 Å². The Labute approximate surface area is 520 Å². The Hall–Kier alpha value is -7.82. The van der Waals surface area contributed by atoms with Crippen molar-refractivity contribution in [2.75, 3.05) is 80.8 Å². The smallest absolute Gasteiger partial charge is 0.248 e. The first kappa shape index (κ1) is 69.3. The number of benzene rings is 4. The van der Waals surface area contributed by atoms with Crippen molar-refractivity contribution in [1.29, 1.82) is 0 Å². The molecule has 4 aromatic carbocycles. The molecule has 0 radical (unpaired) electrons. The Morgan fingerprint density at radius 2 is 0.909 bits per heavy atom. The van der Waals surface area contributed by atoms with Crippen molar-refractivity contribution in [3.8, 4) is 35.2 Å². The lowest BCUT2D eigenvalue weighted by Gasteiger charge is -2.35. The third-order valence-electron chi connectivity index (χ3n) is 16.5. The number of carbonyl (C=O) groups excluding carboxylic acids is 6. The molecule has 8 N–H and O–H groups in total. The lowest BCUT2D eigenvalue weighted by molar-refractivity contribution is -0.143. The summed E-state index contributed by atoms with van der Waals surface area (Å²) in [7, 11) is 6.51. The predicted molar refractivity (Wildman–Crippen MR) is 340 cm³/mol. The Morgan fingerprint density at radius 1 is 0.545 bits per heavy atom. The second kappa shape index (κ2) is 35.9. The molecule has 4 aromatic rings. The van der Waals surface area contributed by atoms with Crippen LogP contribution in [0.5, 0.6) is 11.5 Å². The van der Waals surface area contributed by atoms with E-state index in [1.165, 1.54) is 0 Å². The van der Waals surface area contributed by atoms with Crippen LogP contribution in [0.4, 0.5) is 0 Å². The molecule has 2 unspecified atom stereocenters. The molecule has 2 aliphatic heterocycles. The molecule has 6 rings (SSSR count). The fourth-order valence-electron chi connectivity index (χ4n) is 10.9. The van der Waals surface area contributed by atoms with E-state index in [1.54, 1.807) is 75.6 Å². The molecular formula is C68H92N10O10. The molecular weight excluding hydrogens is 1120 g/mol. The molecule has 2 heterocycles. The molecule has 20 nitrogen and oxygen atoms in total. The van der Waals surface area contributed by atoms with Gasteiger partial charge in [-0.05, 0) is 152 Å². The van der Waals surface area contributed by atoms with E-state index in [1.807, 2.05) is 109 Å². The molecule has 474 valence electrons. The van der Waals surface area contributed by atoms with Crippen molar-refractivity contribution in [2.45, 2.75) is 140 Å². The van der Waals surface area contributed by atoms with Crippen LogP contribution in [0.3, 0.4) is 0 Å². The van der Waals surface area contributed by atoms with Gasteiger partial charge in [-0.25, -0.2) is 0 Å². The zero-order valence-corrected chi connectivity index (χ0v) is 52.5. The summed E-state index contributed by atoms with van der Waals surface area (Å²) < 4.78 is 22.9. The Kier molecular flexibility index (Phi) is 28.2. The summed E-state index contributed by atoms with van der Waals surface area (Å²) in [5.74, 6) is 10.8. The van der Waals surface area contributed by atoms with Crippen LogP contribution in [-0.2, 0) is 63.9 Å². The SMILES string of the molecule is CN[C@@H](C)C(=O)N[C@H](C(=O)N1CCC[C@H]1CN(CCc1ccccc1)C(=O)[C@H](N)Cc1ccc(OC)cc1)C(C)OCC#CC#CCO[C@H](C)[C@H](NC(=O)[C@H](C)NC)C(=O)N1CCCC1CN(CCc1ccccc1)C(=O)[C@H](N)Cc1ccc(OC)cc1. The summed E-state index contributed by atoms with van der Waals surface area (Å²) in [6.07, 6.45) is 2.86. The van der Waals surface area contributed by atoms with Gasteiger partial charge in [-0.15, -0.1) is 0 Å². The van der Waals surface area contributed by atoms with E-state index in [0.29, 0.717) is 89.0 Å². The molecule has 6 amide bonds. The highest BCUT2D eigenvalue weighted by Gasteiger charge is 2.41. The minimum Gasteiger partial charge on any atom is -0.497 e. The Morgan fingerprint density at radius 3 is 1.25 bits per heavy atom. The van der Waals surface area contributed by atoms with Gasteiger partial charge in [0.2, 0.25) is 35.4 Å². The molecule has 2 aliphatic rings. The van der Waals surface area contributed by atoms with Gasteiger partial charge in [-0.2, -0.15) is 0 Å². The number of nitrogens with one attached hydrogen (secondary N) is 4. The molecule has 2 fully saturated rings. The van der Waals surface area contributed by atoms with Crippen LogP contribution in [-0.4, -0.2) is 196 Å². The van der Waals surface area contributed by atoms with Crippen LogP contribution in [0.2, 0.25) is 0 Å². The van der Waals surface area contributed by atoms with Crippen LogP contribution in [0.15, 0.2) is 109 Å². The van der Waals surface area contributed by atoms with E-state index >= 15 is 0 Å². The molecule has 2 saturated heterocycles. The summed E-state index contributed by atoms with van der Waals surface area (Å²) in [5, 5.41) is 11.7. The van der Waals surface area contributed by atoms with E-state index in [2.05, 4.69) is 44.9 Å². The number of rotatable bonds is 32. The number of hydrogen-bond donors (Lipinski definition) is 6. The summed E-state index contributed by atoms with van der Waals surface area (Å²) >= 11 is 0. The van der Waals surface area contributed by atoms with Crippen LogP contribution in [0, 0.1) is 23.7 Å². The van der Waals surface area contributed by atoms with Crippen molar-refractivity contribution in [1.82, 2.24) is 40.9 Å². The van der Waals surface area contributed by atoms with Crippen molar-refractivity contribution >= 4 is 35.4 Å². The fourth-order valence-corrected chi connectivity index (χ4v) is 10.9. The van der Waals surface area contributed by atoms with Crippen molar-refractivity contribution in [3.05, 3.63) is 131 Å². The van der Waals surface area contributed by atoms with Crippen LogP contribution >= 0.6 is 0 Å². The maximum absolute atomic E-state index is 14.7. The minimum atomic E-state index is -1.09. The third-order valence-corrected chi connectivity index (χ3v) is 16.5. The van der Waals surface area contributed by atoms with Gasteiger partial charge < -0.3 is 71.3 Å². The van der Waals surface area contributed by atoms with E-state index in [4.69, 9.17) is 30.4 Å². The lowest BCUT2D eigenvalue weighted by atomic mass is 10.0. The van der Waals surface area contributed by atoms with Crippen molar-refractivity contribution in [3.63, 3.8) is 0 Å². The summed E-state index contributed by atoms with van der Waals surface area (Å²) in [5.41, 5.74) is 17.2. The number of nitrogens with zero attached hydrogens (tertiary/aromatic N) is 4. The number of hydrogen-bond acceptors (Lipinski definition) is 14. The van der Waals surface area contributed by atoms with Crippen LogP contribution in [0.25, 0.3) is 0 Å². The first-order chi connectivity index (χ1) is 42.4. The van der Waals surface area contributed by atoms with E-state index < -0.39 is 60.3 Å². The molecule has 88 heavy (non-hydrogen) atoms. The van der Waals surface area contributed by atoms with Crippen LogP contribution < -0.4 is 42.2 Å². The number of likely N-dealkylation sites (N-methyl/N-ethyl adjacent to an activating group) is 2. The normalized spacial score (nSPS) is 17.2. The number of methoxy groups -OCH3 is 2. The number of likely N-dealkylation sites (tertiary alicyclic amines) is 2. The molecule has 0 bridgehead atoms. The number of amides is 6. The van der Waals surface area contributed by atoms with Gasteiger partial charge in [0.05, 0.1) is 50.6 Å². The largest absolute Gasteiger partial charge is 0.497 e. The summed E-state index contributed by atoms with van der Waals surface area (Å²) in [4.78, 5) is 91.8. The van der Waals surface area contributed by atoms with Crippen molar-refractivity contribution in [2.24, 2.45) is 11.5 Å². The maximum atomic E-state index is 14.7. The Bertz CT molecular complexity index is 2790. The predicted octanol–water partition coefficient (Wildman–Crippen LogP) is 3.27. The molecule has 0 spiro atoms. The standard InChI is InChI=1S/C68H92N10O10/c1-47(71-5)63(79)73-61(67(83)77-37-19-25-55(77)45-75(39-35-51-21-13-11-14-22-51)65(81)59(69)43-53-27-31-57(85-7)32-28-53)49(3)87-41-17-9-10-18-42-88-50(4)62(74-64(80)48(2)72-6)68(84)78-38-20-26-56(78)46-76(40-36-52-23-15-12-16-24-52)66(82)60(70)44-54-29-33-58(86-8)34-30-54/h11-16,21-24,27-34,47-50,55-56,59-62,71-72H,19-20,25-26,35-46,69-70H2,1-8H3,(H,73,79)(H,74,80)/t47-,48-,49+,50?,55?,56-,59+,60+,61-,62-/m0/s1. The lowest BCUT2D eigenvalue weighted by Crippen LogP contribution is -2.59. The molecule has 0 aromatic heterocycles. The topological polar surface area (TPSA) is 252 Å². The fraction of sp³-hybridized carbons (Fsp3) is 0.500. The highest BCUT2D eigenvalue weighted by atomic mass is 16.5. The summed E-state index contributed by atoms with van der Waals surface area (Å²) in [6, 6.07) is 29.0. The number of ether oxygens (including phenoxy) is 4. The minimum absolute atomic E-state index is 0.126. The summed E-state index contributed by atoms with van der Waals surface area (Å²) in [6.45, 7) is 8.68. The van der Waals surface area contributed by atoms with Crippen LogP contribution in [0.1, 0.15) is 75.6 Å². The zero-order chi connectivity index (χ0) is 63.5. The Balaban J connectivity index is 1.09. The van der Waals surface area contributed by atoms with Gasteiger partial charge >= 0.3 is 0 Å². The molecule has 10 atom stereocenters. The van der Waals surface area contributed by atoms with E-state index in [9.17, 15) is 28.8 Å². The number of nitrogens with two attached hydrogens (primary N) is 2. The molecule has 0 saturated carbocycles. The average Bonchev–Trinajstić information content (AvgIpc) is 4.15. The van der Waals surface area contributed by atoms with Gasteiger partial charge in [0.15, 0.2) is 0 Å². The monoisotopic (exact) mass is 1210 g/mol. The number of carbonyl (C=O) groups is 6. The van der Waals surface area contributed by atoms with Gasteiger partial charge in [0.1, 0.15) is 36.8 Å². The molecule has 0 aliphatic carbocycles.